The average molecular weight is 221 g/mol. The zero-order valence-corrected chi connectivity index (χ0v) is 9.45. The quantitative estimate of drug-likeness (QED) is 0.762. The third-order valence-corrected chi connectivity index (χ3v) is 2.79. The van der Waals surface area contributed by atoms with Crippen molar-refractivity contribution in [2.24, 2.45) is 5.16 Å². The Morgan fingerprint density at radius 1 is 1.38 bits per heavy atom. The Morgan fingerprint density at radius 2 is 2.12 bits per heavy atom. The minimum absolute atomic E-state index is 0.208. The van der Waals surface area contributed by atoms with E-state index in [2.05, 4.69) is 12.1 Å². The third-order valence-electron chi connectivity index (χ3n) is 2.79. The van der Waals surface area contributed by atoms with Gasteiger partial charge in [-0.25, -0.2) is 4.39 Å². The second kappa shape index (κ2) is 5.10. The van der Waals surface area contributed by atoms with Crippen LogP contribution in [0.1, 0.15) is 38.2 Å². The molecule has 16 heavy (non-hydrogen) atoms. The zero-order chi connectivity index (χ0) is 11.4. The lowest BCUT2D eigenvalue weighted by molar-refractivity contribution is 0.0774. The molecule has 0 fully saturated rings. The van der Waals surface area contributed by atoms with Crippen molar-refractivity contribution in [3.05, 3.63) is 35.6 Å². The van der Waals surface area contributed by atoms with E-state index < -0.39 is 0 Å². The molecule has 0 saturated heterocycles. The maximum atomic E-state index is 12.7. The van der Waals surface area contributed by atoms with E-state index in [4.69, 9.17) is 4.84 Å². The number of nitrogens with zero attached hydrogens (tertiary/aromatic N) is 1. The molecule has 1 heterocycles. The van der Waals surface area contributed by atoms with Gasteiger partial charge in [-0.05, 0) is 30.5 Å². The van der Waals surface area contributed by atoms with Crippen molar-refractivity contribution in [2.75, 3.05) is 0 Å². The molecule has 2 nitrogen and oxygen atoms in total. The SMILES string of the molecule is CCCCC1CC(c2ccc(F)cc2)=NO1. The molecule has 0 amide bonds. The maximum absolute atomic E-state index is 12.7. The van der Waals surface area contributed by atoms with E-state index in [1.54, 1.807) is 12.1 Å². The summed E-state index contributed by atoms with van der Waals surface area (Å²) in [6.07, 6.45) is 4.43. The Hall–Kier alpha value is -1.38. The average Bonchev–Trinajstić information content (AvgIpc) is 2.76. The number of halogens is 1. The summed E-state index contributed by atoms with van der Waals surface area (Å²) in [6.45, 7) is 2.16. The summed E-state index contributed by atoms with van der Waals surface area (Å²) in [5, 5.41) is 4.06. The summed E-state index contributed by atoms with van der Waals surface area (Å²) >= 11 is 0. The lowest BCUT2D eigenvalue weighted by Gasteiger charge is -2.05. The van der Waals surface area contributed by atoms with Gasteiger partial charge in [0.2, 0.25) is 0 Å². The van der Waals surface area contributed by atoms with Crippen molar-refractivity contribution in [1.29, 1.82) is 0 Å². The summed E-state index contributed by atoms with van der Waals surface area (Å²) in [7, 11) is 0. The monoisotopic (exact) mass is 221 g/mol. The van der Waals surface area contributed by atoms with Gasteiger partial charge in [0.25, 0.3) is 0 Å². The smallest absolute Gasteiger partial charge is 0.133 e. The van der Waals surface area contributed by atoms with Gasteiger partial charge in [0.1, 0.15) is 11.9 Å². The zero-order valence-electron chi connectivity index (χ0n) is 9.45. The molecular formula is C13H16FNO. The molecule has 0 bridgehead atoms. The molecule has 0 aromatic heterocycles. The van der Waals surface area contributed by atoms with Crippen LogP contribution in [-0.2, 0) is 4.84 Å². The van der Waals surface area contributed by atoms with Crippen molar-refractivity contribution in [3.8, 4) is 0 Å². The highest BCUT2D eigenvalue weighted by molar-refractivity contribution is 6.01. The summed E-state index contributed by atoms with van der Waals surface area (Å²) in [5.41, 5.74) is 1.89. The van der Waals surface area contributed by atoms with Gasteiger partial charge in [-0.1, -0.05) is 30.6 Å². The number of hydrogen-bond acceptors (Lipinski definition) is 2. The molecule has 0 radical (unpaired) electrons. The summed E-state index contributed by atoms with van der Waals surface area (Å²) in [6, 6.07) is 6.41. The van der Waals surface area contributed by atoms with Crippen LogP contribution in [0.25, 0.3) is 0 Å². The van der Waals surface area contributed by atoms with Gasteiger partial charge in [-0.2, -0.15) is 0 Å². The Bertz CT molecular complexity index is 372. The standard InChI is InChI=1S/C13H16FNO/c1-2-3-4-12-9-13(15-16-12)10-5-7-11(14)8-6-10/h5-8,12H,2-4,9H2,1H3. The minimum Gasteiger partial charge on any atom is -0.392 e. The van der Waals surface area contributed by atoms with Gasteiger partial charge < -0.3 is 4.84 Å². The first-order chi connectivity index (χ1) is 7.79. The van der Waals surface area contributed by atoms with Gasteiger partial charge in [-0.3, -0.25) is 0 Å². The van der Waals surface area contributed by atoms with Gasteiger partial charge >= 0.3 is 0 Å². The van der Waals surface area contributed by atoms with E-state index in [0.717, 1.165) is 30.5 Å². The van der Waals surface area contributed by atoms with Crippen LogP contribution in [0.5, 0.6) is 0 Å². The van der Waals surface area contributed by atoms with Crippen LogP contribution in [0.15, 0.2) is 29.4 Å². The van der Waals surface area contributed by atoms with E-state index >= 15 is 0 Å². The van der Waals surface area contributed by atoms with Crippen LogP contribution in [0.2, 0.25) is 0 Å². The number of rotatable bonds is 4. The van der Waals surface area contributed by atoms with Crippen LogP contribution in [0, 0.1) is 5.82 Å². The van der Waals surface area contributed by atoms with Crippen molar-refractivity contribution < 1.29 is 9.23 Å². The second-order valence-corrected chi connectivity index (χ2v) is 4.12. The molecule has 1 aromatic carbocycles. The first kappa shape index (κ1) is 11.1. The van der Waals surface area contributed by atoms with Crippen molar-refractivity contribution in [1.82, 2.24) is 0 Å². The van der Waals surface area contributed by atoms with Crippen LogP contribution in [0.3, 0.4) is 0 Å². The van der Waals surface area contributed by atoms with Crippen molar-refractivity contribution in [2.45, 2.75) is 38.7 Å². The topological polar surface area (TPSA) is 21.6 Å². The van der Waals surface area contributed by atoms with Crippen molar-refractivity contribution in [3.63, 3.8) is 0 Å². The molecule has 1 aliphatic rings. The molecular weight excluding hydrogens is 205 g/mol. The molecule has 0 spiro atoms. The second-order valence-electron chi connectivity index (χ2n) is 4.12. The van der Waals surface area contributed by atoms with E-state index in [-0.39, 0.29) is 11.9 Å². The predicted molar refractivity (Wildman–Crippen MR) is 62.0 cm³/mol. The summed E-state index contributed by atoms with van der Waals surface area (Å²) in [5.74, 6) is -0.217. The molecule has 0 aliphatic carbocycles. The molecule has 1 aliphatic heterocycles. The molecule has 1 unspecified atom stereocenters. The van der Waals surface area contributed by atoms with E-state index in [9.17, 15) is 4.39 Å². The summed E-state index contributed by atoms with van der Waals surface area (Å²) < 4.78 is 12.7. The number of unbranched alkanes of at least 4 members (excludes halogenated alkanes) is 1. The fourth-order valence-electron chi connectivity index (χ4n) is 1.83. The lowest BCUT2D eigenvalue weighted by Crippen LogP contribution is -2.08. The van der Waals surface area contributed by atoms with Crippen LogP contribution >= 0.6 is 0 Å². The molecule has 0 N–H and O–H groups in total. The number of benzene rings is 1. The lowest BCUT2D eigenvalue weighted by atomic mass is 10.0. The first-order valence-corrected chi connectivity index (χ1v) is 5.78. The Balaban J connectivity index is 1.95. The Morgan fingerprint density at radius 3 is 2.81 bits per heavy atom. The third kappa shape index (κ3) is 2.60. The summed E-state index contributed by atoms with van der Waals surface area (Å²) in [4.78, 5) is 5.35. The Kier molecular flexibility index (Phi) is 3.54. The fraction of sp³-hybridized carbons (Fsp3) is 0.462. The first-order valence-electron chi connectivity index (χ1n) is 5.78. The van der Waals surface area contributed by atoms with Crippen LogP contribution < -0.4 is 0 Å². The molecule has 2 rings (SSSR count). The minimum atomic E-state index is -0.217. The fourth-order valence-corrected chi connectivity index (χ4v) is 1.83. The highest BCUT2D eigenvalue weighted by Crippen LogP contribution is 2.20. The van der Waals surface area contributed by atoms with E-state index in [1.807, 2.05) is 0 Å². The van der Waals surface area contributed by atoms with Gasteiger partial charge in [0, 0.05) is 6.42 Å². The van der Waals surface area contributed by atoms with Crippen LogP contribution in [-0.4, -0.2) is 11.8 Å². The number of hydrogen-bond donors (Lipinski definition) is 0. The highest BCUT2D eigenvalue weighted by Gasteiger charge is 2.21. The van der Waals surface area contributed by atoms with Gasteiger partial charge in [-0.15, -0.1) is 0 Å². The van der Waals surface area contributed by atoms with Gasteiger partial charge in [0.15, 0.2) is 0 Å². The van der Waals surface area contributed by atoms with Crippen LogP contribution in [0.4, 0.5) is 4.39 Å². The Labute approximate surface area is 95.1 Å². The largest absolute Gasteiger partial charge is 0.392 e. The molecule has 86 valence electrons. The maximum Gasteiger partial charge on any atom is 0.133 e. The molecule has 0 saturated carbocycles. The predicted octanol–water partition coefficient (Wildman–Crippen LogP) is 3.51. The molecule has 3 heteroatoms. The van der Waals surface area contributed by atoms with E-state index in [1.165, 1.54) is 18.6 Å². The number of oxime groups is 1. The normalized spacial score (nSPS) is 19.4. The highest BCUT2D eigenvalue weighted by atomic mass is 19.1. The molecule has 1 aromatic rings. The molecule has 1 atom stereocenters. The van der Waals surface area contributed by atoms with Gasteiger partial charge in [0.05, 0.1) is 5.71 Å². The van der Waals surface area contributed by atoms with Crippen molar-refractivity contribution >= 4 is 5.71 Å². The van der Waals surface area contributed by atoms with E-state index in [0.29, 0.717) is 0 Å².